The predicted octanol–water partition coefficient (Wildman–Crippen LogP) is 1.06. The summed E-state index contributed by atoms with van der Waals surface area (Å²) >= 11 is 1.24. The number of nitrogen functional groups attached to an aromatic ring is 1. The molecular weight excluding hydrogens is 292 g/mol. The van der Waals surface area contributed by atoms with Gasteiger partial charge in [-0.25, -0.2) is 4.98 Å². The number of nitrogens with two attached hydrogens (primary N) is 1. The number of amides is 1. The molecule has 120 valence electrons. The number of hydrogen-bond acceptors (Lipinski definition) is 7. The molecule has 21 heavy (non-hydrogen) atoms. The Morgan fingerprint density at radius 3 is 2.76 bits per heavy atom. The summed E-state index contributed by atoms with van der Waals surface area (Å²) in [6.45, 7) is 7.34. The maximum Gasteiger partial charge on any atom is 0.265 e. The lowest BCUT2D eigenvalue weighted by molar-refractivity contribution is 0.0869. The van der Waals surface area contributed by atoms with Gasteiger partial charge in [-0.1, -0.05) is 11.3 Å². The highest BCUT2D eigenvalue weighted by Crippen LogP contribution is 2.26. The van der Waals surface area contributed by atoms with Gasteiger partial charge in [0.2, 0.25) is 0 Å². The number of carbonyl (C=O) groups is 1. The predicted molar refractivity (Wildman–Crippen MR) is 84.8 cm³/mol. The number of rotatable bonds is 8. The van der Waals surface area contributed by atoms with E-state index in [2.05, 4.69) is 15.6 Å². The fourth-order valence-corrected chi connectivity index (χ4v) is 2.50. The van der Waals surface area contributed by atoms with Gasteiger partial charge in [0.15, 0.2) is 5.13 Å². The van der Waals surface area contributed by atoms with Crippen molar-refractivity contribution < 1.29 is 14.6 Å². The van der Waals surface area contributed by atoms with Gasteiger partial charge >= 0.3 is 0 Å². The first kappa shape index (κ1) is 17.7. The third kappa shape index (κ3) is 6.74. The van der Waals surface area contributed by atoms with Crippen molar-refractivity contribution in [1.29, 1.82) is 0 Å². The molecule has 5 N–H and O–H groups in total. The second-order valence-corrected chi connectivity index (χ2v) is 6.55. The second-order valence-electron chi connectivity index (χ2n) is 5.55. The Balaban J connectivity index is 2.43. The summed E-state index contributed by atoms with van der Waals surface area (Å²) in [4.78, 5) is 16.6. The Kier molecular flexibility index (Phi) is 6.86. The summed E-state index contributed by atoms with van der Waals surface area (Å²) in [5.74, 6) is 0.00916. The van der Waals surface area contributed by atoms with E-state index in [9.17, 15) is 4.79 Å². The molecule has 0 aromatic carbocycles. The molecule has 1 aromatic heterocycles. The third-order valence-corrected chi connectivity index (χ3v) is 3.31. The average molecular weight is 316 g/mol. The number of anilines is 2. The zero-order valence-electron chi connectivity index (χ0n) is 12.7. The zero-order valence-corrected chi connectivity index (χ0v) is 13.5. The fourth-order valence-electron chi connectivity index (χ4n) is 1.49. The number of ether oxygens (including phenoxy) is 1. The van der Waals surface area contributed by atoms with E-state index in [-0.39, 0.29) is 23.9 Å². The van der Waals surface area contributed by atoms with Gasteiger partial charge in [0, 0.05) is 18.7 Å². The first-order valence-electron chi connectivity index (χ1n) is 6.85. The van der Waals surface area contributed by atoms with Crippen LogP contribution in [0.1, 0.15) is 36.9 Å². The molecule has 0 spiro atoms. The molecular formula is C13H24N4O3S. The van der Waals surface area contributed by atoms with Crippen LogP contribution < -0.4 is 16.4 Å². The van der Waals surface area contributed by atoms with E-state index in [1.165, 1.54) is 11.3 Å². The van der Waals surface area contributed by atoms with Crippen LogP contribution in [0.25, 0.3) is 0 Å². The van der Waals surface area contributed by atoms with Gasteiger partial charge in [0.25, 0.3) is 5.91 Å². The van der Waals surface area contributed by atoms with Gasteiger partial charge in [0.05, 0.1) is 13.2 Å². The van der Waals surface area contributed by atoms with E-state index >= 15 is 0 Å². The molecule has 0 unspecified atom stereocenters. The van der Waals surface area contributed by atoms with Gasteiger partial charge in [-0.05, 0) is 27.2 Å². The lowest BCUT2D eigenvalue weighted by Crippen LogP contribution is -2.26. The van der Waals surface area contributed by atoms with E-state index in [1.54, 1.807) is 0 Å². The minimum absolute atomic E-state index is 0.00725. The first-order chi connectivity index (χ1) is 9.83. The fraction of sp³-hybridized carbons (Fsp3) is 0.692. The van der Waals surface area contributed by atoms with Crippen LogP contribution in [0.15, 0.2) is 0 Å². The summed E-state index contributed by atoms with van der Waals surface area (Å²) in [5.41, 5.74) is 5.64. The number of aromatic nitrogens is 1. The van der Waals surface area contributed by atoms with Gasteiger partial charge in [-0.3, -0.25) is 4.79 Å². The van der Waals surface area contributed by atoms with Crippen molar-refractivity contribution in [2.24, 2.45) is 0 Å². The lowest BCUT2D eigenvalue weighted by atomic mass is 10.1. The molecule has 8 heteroatoms. The molecule has 0 bridgehead atoms. The minimum atomic E-state index is -0.228. The molecule has 0 aliphatic heterocycles. The molecule has 0 saturated carbocycles. The van der Waals surface area contributed by atoms with Crippen LogP contribution in [0.2, 0.25) is 0 Å². The van der Waals surface area contributed by atoms with Crippen molar-refractivity contribution in [2.75, 3.05) is 37.4 Å². The zero-order chi connectivity index (χ0) is 15.9. The molecule has 1 rings (SSSR count). The molecule has 0 aliphatic carbocycles. The molecule has 0 atom stereocenters. The van der Waals surface area contributed by atoms with Crippen molar-refractivity contribution in [2.45, 2.75) is 32.7 Å². The number of aliphatic hydroxyl groups excluding tert-OH is 1. The smallest absolute Gasteiger partial charge is 0.265 e. The number of aliphatic hydroxyl groups is 1. The highest BCUT2D eigenvalue weighted by molar-refractivity contribution is 7.18. The molecule has 7 nitrogen and oxygen atoms in total. The van der Waals surface area contributed by atoms with Crippen molar-refractivity contribution in [3.63, 3.8) is 0 Å². The van der Waals surface area contributed by atoms with Crippen molar-refractivity contribution in [3.8, 4) is 0 Å². The third-order valence-electron chi connectivity index (χ3n) is 2.33. The van der Waals surface area contributed by atoms with E-state index in [4.69, 9.17) is 15.6 Å². The van der Waals surface area contributed by atoms with Crippen molar-refractivity contribution in [1.82, 2.24) is 10.3 Å². The minimum Gasteiger partial charge on any atom is -0.394 e. The quantitative estimate of drug-likeness (QED) is 0.534. The van der Waals surface area contributed by atoms with Gasteiger partial charge in [0.1, 0.15) is 10.7 Å². The Labute approximate surface area is 128 Å². The molecule has 0 aliphatic rings. The molecule has 1 amide bonds. The summed E-state index contributed by atoms with van der Waals surface area (Å²) in [6, 6.07) is 0. The van der Waals surface area contributed by atoms with Crippen LogP contribution in [-0.2, 0) is 4.74 Å². The van der Waals surface area contributed by atoms with Gasteiger partial charge in [-0.2, -0.15) is 0 Å². The Morgan fingerprint density at radius 2 is 2.14 bits per heavy atom. The molecule has 0 radical (unpaired) electrons. The number of thiazole rings is 1. The summed E-state index contributed by atoms with van der Waals surface area (Å²) in [6.07, 6.45) is 0.678. The van der Waals surface area contributed by atoms with Gasteiger partial charge in [-0.15, -0.1) is 0 Å². The summed E-state index contributed by atoms with van der Waals surface area (Å²) < 4.78 is 5.11. The average Bonchev–Trinajstić information content (AvgIpc) is 2.72. The Morgan fingerprint density at radius 1 is 1.43 bits per heavy atom. The van der Waals surface area contributed by atoms with Crippen LogP contribution in [0.5, 0.6) is 0 Å². The topological polar surface area (TPSA) is 110 Å². The van der Waals surface area contributed by atoms with Crippen LogP contribution in [0.3, 0.4) is 0 Å². The number of carbonyl (C=O) groups excluding carboxylic acids is 1. The van der Waals surface area contributed by atoms with E-state index in [1.807, 2.05) is 20.8 Å². The normalized spacial score (nSPS) is 11.4. The van der Waals surface area contributed by atoms with E-state index in [0.29, 0.717) is 36.2 Å². The highest BCUT2D eigenvalue weighted by atomic mass is 32.1. The molecule has 0 fully saturated rings. The van der Waals surface area contributed by atoms with Crippen molar-refractivity contribution >= 4 is 28.2 Å². The largest absolute Gasteiger partial charge is 0.394 e. The Hall–Kier alpha value is -1.38. The van der Waals surface area contributed by atoms with Crippen LogP contribution >= 0.6 is 11.3 Å². The standard InChI is InChI=1S/C13H24N4O3S/c1-13(2,3)17-12-16-10(14)9(21-12)11(19)15-5-4-7-20-8-6-18/h18H,4-8,14H2,1-3H3,(H,15,19)(H,16,17). The summed E-state index contributed by atoms with van der Waals surface area (Å²) in [7, 11) is 0. The maximum absolute atomic E-state index is 12.0. The molecule has 1 heterocycles. The highest BCUT2D eigenvalue weighted by Gasteiger charge is 2.18. The SMILES string of the molecule is CC(C)(C)Nc1nc(N)c(C(=O)NCCCOCCO)s1. The van der Waals surface area contributed by atoms with E-state index in [0.717, 1.165) is 0 Å². The first-order valence-corrected chi connectivity index (χ1v) is 7.66. The number of hydrogen-bond donors (Lipinski definition) is 4. The Bertz CT molecular complexity index is 457. The van der Waals surface area contributed by atoms with Crippen molar-refractivity contribution in [3.05, 3.63) is 4.88 Å². The van der Waals surface area contributed by atoms with E-state index < -0.39 is 0 Å². The lowest BCUT2D eigenvalue weighted by Gasteiger charge is -2.19. The van der Waals surface area contributed by atoms with Gasteiger partial charge < -0.3 is 26.2 Å². The van der Waals surface area contributed by atoms with Crippen LogP contribution in [0.4, 0.5) is 10.9 Å². The maximum atomic E-state index is 12.0. The molecule has 0 saturated heterocycles. The molecule has 1 aromatic rings. The second kappa shape index (κ2) is 8.16. The van der Waals surface area contributed by atoms with Crippen LogP contribution in [0, 0.1) is 0 Å². The number of nitrogens with one attached hydrogen (secondary N) is 2. The van der Waals surface area contributed by atoms with Crippen LogP contribution in [-0.4, -0.2) is 47.9 Å². The summed E-state index contributed by atoms with van der Waals surface area (Å²) in [5, 5.41) is 15.2. The number of nitrogens with zero attached hydrogens (tertiary/aromatic N) is 1. The monoisotopic (exact) mass is 316 g/mol.